The summed E-state index contributed by atoms with van der Waals surface area (Å²) in [6.45, 7) is 4.11. The molecule has 1 saturated heterocycles. The second-order valence-corrected chi connectivity index (χ2v) is 4.27. The molecule has 0 spiro atoms. The van der Waals surface area contributed by atoms with Crippen LogP contribution in [0, 0.1) is 5.92 Å². The van der Waals surface area contributed by atoms with Crippen molar-refractivity contribution in [2.75, 3.05) is 18.0 Å². The third kappa shape index (κ3) is 2.29. The minimum atomic E-state index is -0.987. The summed E-state index contributed by atoms with van der Waals surface area (Å²) in [6.07, 6.45) is 5.11. The van der Waals surface area contributed by atoms with E-state index in [0.29, 0.717) is 11.9 Å². The fourth-order valence-corrected chi connectivity index (χ4v) is 1.97. The quantitative estimate of drug-likeness (QED) is 0.817. The predicted molar refractivity (Wildman–Crippen MR) is 59.6 cm³/mol. The van der Waals surface area contributed by atoms with Crippen molar-refractivity contribution in [1.82, 2.24) is 9.97 Å². The van der Waals surface area contributed by atoms with Crippen LogP contribution < -0.4 is 4.90 Å². The highest BCUT2D eigenvalue weighted by atomic mass is 16.4. The van der Waals surface area contributed by atoms with E-state index in [0.717, 1.165) is 19.5 Å². The molecule has 0 saturated carbocycles. The monoisotopic (exact) mass is 221 g/mol. The lowest BCUT2D eigenvalue weighted by molar-refractivity contribution is 0.0696. The van der Waals surface area contributed by atoms with Gasteiger partial charge in [-0.15, -0.1) is 0 Å². The second kappa shape index (κ2) is 4.47. The zero-order valence-corrected chi connectivity index (χ0v) is 9.26. The van der Waals surface area contributed by atoms with Gasteiger partial charge in [0.15, 0.2) is 0 Å². The first kappa shape index (κ1) is 10.9. The van der Waals surface area contributed by atoms with E-state index in [1.165, 1.54) is 18.8 Å². The van der Waals surface area contributed by atoms with Crippen molar-refractivity contribution in [3.8, 4) is 0 Å². The van der Waals surface area contributed by atoms with Gasteiger partial charge < -0.3 is 10.0 Å². The van der Waals surface area contributed by atoms with Crippen LogP contribution in [0.25, 0.3) is 0 Å². The van der Waals surface area contributed by atoms with Gasteiger partial charge >= 0.3 is 5.97 Å². The van der Waals surface area contributed by atoms with Crippen LogP contribution in [-0.2, 0) is 0 Å². The van der Waals surface area contributed by atoms with Gasteiger partial charge in [0.05, 0.1) is 5.56 Å². The SMILES string of the molecule is CC1CCCN(c2ncc(C(=O)O)cn2)C1. The molecule has 1 fully saturated rings. The number of hydrogen-bond donors (Lipinski definition) is 1. The van der Waals surface area contributed by atoms with E-state index in [9.17, 15) is 4.79 Å². The highest BCUT2D eigenvalue weighted by Gasteiger charge is 2.18. The number of carboxylic acid groups (broad SMARTS) is 1. The molecule has 16 heavy (non-hydrogen) atoms. The molecule has 2 rings (SSSR count). The van der Waals surface area contributed by atoms with Gasteiger partial charge in [-0.05, 0) is 18.8 Å². The maximum atomic E-state index is 10.6. The van der Waals surface area contributed by atoms with Gasteiger partial charge in [0, 0.05) is 25.5 Å². The van der Waals surface area contributed by atoms with Crippen LogP contribution in [0.3, 0.4) is 0 Å². The summed E-state index contributed by atoms with van der Waals surface area (Å²) < 4.78 is 0. The van der Waals surface area contributed by atoms with E-state index in [4.69, 9.17) is 5.11 Å². The van der Waals surface area contributed by atoms with Crippen LogP contribution in [0.1, 0.15) is 30.1 Å². The topological polar surface area (TPSA) is 66.3 Å². The molecule has 1 aromatic rings. The number of hydrogen-bond acceptors (Lipinski definition) is 4. The van der Waals surface area contributed by atoms with Crippen molar-refractivity contribution in [1.29, 1.82) is 0 Å². The third-order valence-electron chi connectivity index (χ3n) is 2.83. The minimum Gasteiger partial charge on any atom is -0.478 e. The molecular formula is C11H15N3O2. The Labute approximate surface area is 94.1 Å². The molecular weight excluding hydrogens is 206 g/mol. The van der Waals surface area contributed by atoms with E-state index >= 15 is 0 Å². The second-order valence-electron chi connectivity index (χ2n) is 4.27. The number of aromatic carboxylic acids is 1. The number of piperidine rings is 1. The lowest BCUT2D eigenvalue weighted by atomic mass is 10.0. The number of carbonyl (C=O) groups is 1. The average Bonchev–Trinajstić information content (AvgIpc) is 2.29. The van der Waals surface area contributed by atoms with E-state index in [1.54, 1.807) is 0 Å². The molecule has 0 amide bonds. The zero-order valence-electron chi connectivity index (χ0n) is 9.26. The number of rotatable bonds is 2. The van der Waals surface area contributed by atoms with Crippen LogP contribution >= 0.6 is 0 Å². The van der Waals surface area contributed by atoms with Gasteiger partial charge in [0.1, 0.15) is 0 Å². The summed E-state index contributed by atoms with van der Waals surface area (Å²) in [5.74, 6) is 0.298. The molecule has 0 bridgehead atoms. The Morgan fingerprint density at radius 2 is 2.19 bits per heavy atom. The molecule has 1 aliphatic rings. The summed E-state index contributed by atoms with van der Waals surface area (Å²) in [6, 6.07) is 0. The largest absolute Gasteiger partial charge is 0.478 e. The Morgan fingerprint density at radius 3 is 2.75 bits per heavy atom. The predicted octanol–water partition coefficient (Wildman–Crippen LogP) is 1.41. The fraction of sp³-hybridized carbons (Fsp3) is 0.545. The first-order valence-electron chi connectivity index (χ1n) is 5.47. The molecule has 0 aliphatic carbocycles. The van der Waals surface area contributed by atoms with Crippen molar-refractivity contribution in [3.63, 3.8) is 0 Å². The lowest BCUT2D eigenvalue weighted by Gasteiger charge is -2.30. The van der Waals surface area contributed by atoms with Gasteiger partial charge in [0.2, 0.25) is 5.95 Å². The smallest absolute Gasteiger partial charge is 0.338 e. The number of anilines is 1. The standard InChI is InChI=1S/C11H15N3O2/c1-8-3-2-4-14(7-8)11-12-5-9(6-13-11)10(15)16/h5-6,8H,2-4,7H2,1H3,(H,15,16). The Balaban J connectivity index is 2.11. The van der Waals surface area contributed by atoms with Crippen molar-refractivity contribution >= 4 is 11.9 Å². The maximum Gasteiger partial charge on any atom is 0.338 e. The average molecular weight is 221 g/mol. The highest BCUT2D eigenvalue weighted by Crippen LogP contribution is 2.19. The van der Waals surface area contributed by atoms with Gasteiger partial charge in [-0.25, -0.2) is 14.8 Å². The Kier molecular flexibility index (Phi) is 3.03. The van der Waals surface area contributed by atoms with Crippen molar-refractivity contribution in [3.05, 3.63) is 18.0 Å². The highest BCUT2D eigenvalue weighted by molar-refractivity contribution is 5.86. The molecule has 1 unspecified atom stereocenters. The summed E-state index contributed by atoms with van der Waals surface area (Å²) in [5.41, 5.74) is 0.133. The number of aromatic nitrogens is 2. The van der Waals surface area contributed by atoms with Crippen molar-refractivity contribution < 1.29 is 9.90 Å². The molecule has 1 aliphatic heterocycles. The van der Waals surface area contributed by atoms with E-state index < -0.39 is 5.97 Å². The summed E-state index contributed by atoms with van der Waals surface area (Å²) >= 11 is 0. The van der Waals surface area contributed by atoms with Crippen LogP contribution in [0.2, 0.25) is 0 Å². The molecule has 2 heterocycles. The van der Waals surface area contributed by atoms with Gasteiger partial charge in [-0.2, -0.15) is 0 Å². The molecule has 86 valence electrons. The molecule has 5 heteroatoms. The summed E-state index contributed by atoms with van der Waals surface area (Å²) in [5, 5.41) is 8.73. The fourth-order valence-electron chi connectivity index (χ4n) is 1.97. The normalized spacial score (nSPS) is 20.8. The molecule has 0 radical (unpaired) electrons. The van der Waals surface area contributed by atoms with Crippen LogP contribution in [0.15, 0.2) is 12.4 Å². The van der Waals surface area contributed by atoms with Crippen LogP contribution in [0.4, 0.5) is 5.95 Å². The van der Waals surface area contributed by atoms with Crippen LogP contribution in [-0.4, -0.2) is 34.1 Å². The van der Waals surface area contributed by atoms with Crippen LogP contribution in [0.5, 0.6) is 0 Å². The molecule has 1 atom stereocenters. The molecule has 0 aromatic carbocycles. The van der Waals surface area contributed by atoms with Gasteiger partial charge in [0.25, 0.3) is 0 Å². The van der Waals surface area contributed by atoms with Crippen molar-refractivity contribution in [2.45, 2.75) is 19.8 Å². The van der Waals surface area contributed by atoms with E-state index in [-0.39, 0.29) is 5.56 Å². The third-order valence-corrected chi connectivity index (χ3v) is 2.83. The van der Waals surface area contributed by atoms with E-state index in [1.807, 2.05) is 0 Å². The first-order valence-corrected chi connectivity index (χ1v) is 5.47. The van der Waals surface area contributed by atoms with Gasteiger partial charge in [-0.1, -0.05) is 6.92 Å². The minimum absolute atomic E-state index is 0.133. The lowest BCUT2D eigenvalue weighted by Crippen LogP contribution is -2.35. The Bertz CT molecular complexity index is 377. The maximum absolute atomic E-state index is 10.6. The molecule has 1 N–H and O–H groups in total. The summed E-state index contributed by atoms with van der Waals surface area (Å²) in [7, 11) is 0. The van der Waals surface area contributed by atoms with Crippen molar-refractivity contribution in [2.24, 2.45) is 5.92 Å². The van der Waals surface area contributed by atoms with Gasteiger partial charge in [-0.3, -0.25) is 0 Å². The molecule has 5 nitrogen and oxygen atoms in total. The number of nitrogens with zero attached hydrogens (tertiary/aromatic N) is 3. The molecule has 1 aromatic heterocycles. The summed E-state index contributed by atoms with van der Waals surface area (Å²) in [4.78, 5) is 20.9. The Morgan fingerprint density at radius 1 is 1.50 bits per heavy atom. The zero-order chi connectivity index (χ0) is 11.5. The number of carboxylic acids is 1. The van der Waals surface area contributed by atoms with E-state index in [2.05, 4.69) is 21.8 Å². The first-order chi connectivity index (χ1) is 7.66. The Hall–Kier alpha value is -1.65.